The molecule has 1 aromatic rings. The number of thioether (sulfide) groups is 1. The fourth-order valence-electron chi connectivity index (χ4n) is 1.74. The Hall–Kier alpha value is -2.16. The molecule has 8 nitrogen and oxygen atoms in total. The van der Waals surface area contributed by atoms with Crippen LogP contribution in [0, 0.1) is 20.2 Å². The average Bonchev–Trinajstić information content (AvgIpc) is 2.45. The molecule has 0 aliphatic heterocycles. The van der Waals surface area contributed by atoms with Crippen LogP contribution in [0.25, 0.3) is 0 Å². The van der Waals surface area contributed by atoms with Gasteiger partial charge in [-0.3, -0.25) is 25.0 Å². The Kier molecular flexibility index (Phi) is 5.86. The van der Waals surface area contributed by atoms with E-state index < -0.39 is 15.5 Å². The lowest BCUT2D eigenvalue weighted by molar-refractivity contribution is -0.396. The summed E-state index contributed by atoms with van der Waals surface area (Å²) in [6.45, 7) is 3.69. The zero-order valence-corrected chi connectivity index (χ0v) is 13.5. The maximum atomic E-state index is 11.9. The van der Waals surface area contributed by atoms with Gasteiger partial charge in [-0.1, -0.05) is 13.8 Å². The Morgan fingerprint density at radius 3 is 2.27 bits per heavy atom. The van der Waals surface area contributed by atoms with E-state index in [0.29, 0.717) is 12.0 Å². The molecular weight excluding hydrogens is 310 g/mol. The molecule has 9 heteroatoms. The molecule has 0 fully saturated rings. The molecule has 0 N–H and O–H groups in total. The Morgan fingerprint density at radius 1 is 1.27 bits per heavy atom. The Bertz CT molecular complexity index is 618. The molecule has 120 valence electrons. The predicted molar refractivity (Wildman–Crippen MR) is 83.4 cm³/mol. The summed E-state index contributed by atoms with van der Waals surface area (Å²) in [5.74, 6) is -0.143. The molecule has 0 unspecified atom stereocenters. The molecule has 0 aliphatic carbocycles. The molecule has 1 rings (SSSR count). The molecule has 0 heterocycles. The van der Waals surface area contributed by atoms with Crippen LogP contribution >= 0.6 is 11.8 Å². The number of nitro groups is 2. The molecule has 0 saturated heterocycles. The van der Waals surface area contributed by atoms with Gasteiger partial charge in [0, 0.05) is 20.2 Å². The Balaban J connectivity index is 3.57. The molecule has 1 aromatic carbocycles. The second-order valence-electron chi connectivity index (χ2n) is 4.97. The molecule has 0 spiro atoms. The number of benzene rings is 1. The van der Waals surface area contributed by atoms with E-state index in [0.717, 1.165) is 17.8 Å². The number of carbonyl (C=O) groups is 1. The van der Waals surface area contributed by atoms with Crippen molar-refractivity contribution in [1.82, 2.24) is 4.90 Å². The SMILES string of the molecule is CC[C@H](C)c1cc([N+](=O)[O-])cc([N+](=O)[O-])c1SC(=O)N(C)C. The summed E-state index contributed by atoms with van der Waals surface area (Å²) in [7, 11) is 3.07. The molecule has 1 amide bonds. The third kappa shape index (κ3) is 3.94. The van der Waals surface area contributed by atoms with Crippen molar-refractivity contribution >= 4 is 28.4 Å². The van der Waals surface area contributed by atoms with E-state index >= 15 is 0 Å². The van der Waals surface area contributed by atoms with Crippen molar-refractivity contribution in [2.75, 3.05) is 14.1 Å². The number of carbonyl (C=O) groups excluding carboxylic acids is 1. The highest BCUT2D eigenvalue weighted by Gasteiger charge is 2.28. The zero-order valence-electron chi connectivity index (χ0n) is 12.7. The standard InChI is InChI=1S/C13H17N3O5S/c1-5-8(2)10-6-9(15(18)19)7-11(16(20)21)12(10)22-13(17)14(3)4/h6-8H,5H2,1-4H3/t8-/m0/s1. The Labute approximate surface area is 131 Å². The first kappa shape index (κ1) is 17.9. The van der Waals surface area contributed by atoms with Crippen LogP contribution in [0.5, 0.6) is 0 Å². The average molecular weight is 327 g/mol. The highest BCUT2D eigenvalue weighted by atomic mass is 32.2. The van der Waals surface area contributed by atoms with Crippen molar-refractivity contribution in [1.29, 1.82) is 0 Å². The molecule has 0 radical (unpaired) electrons. The molecule has 0 aliphatic rings. The van der Waals surface area contributed by atoms with Crippen molar-refractivity contribution in [3.8, 4) is 0 Å². The lowest BCUT2D eigenvalue weighted by Gasteiger charge is -2.16. The second kappa shape index (κ2) is 7.21. The van der Waals surface area contributed by atoms with Crippen LogP contribution in [0.1, 0.15) is 31.7 Å². The summed E-state index contributed by atoms with van der Waals surface area (Å²) in [5.41, 5.74) is -0.308. The van der Waals surface area contributed by atoms with Crippen molar-refractivity contribution < 1.29 is 14.6 Å². The molecule has 0 saturated carbocycles. The van der Waals surface area contributed by atoms with Gasteiger partial charge in [0.2, 0.25) is 0 Å². The van der Waals surface area contributed by atoms with Gasteiger partial charge >= 0.3 is 0 Å². The number of hydrogen-bond donors (Lipinski definition) is 0. The summed E-state index contributed by atoms with van der Waals surface area (Å²) in [6.07, 6.45) is 0.641. The predicted octanol–water partition coefficient (Wildman–Crippen LogP) is 3.79. The highest BCUT2D eigenvalue weighted by molar-refractivity contribution is 8.13. The minimum absolute atomic E-state index is 0.143. The number of rotatable bonds is 5. The normalized spacial score (nSPS) is 11.8. The van der Waals surface area contributed by atoms with Crippen LogP contribution in [0.3, 0.4) is 0 Å². The quantitative estimate of drug-likeness (QED) is 0.462. The van der Waals surface area contributed by atoms with E-state index in [1.54, 1.807) is 0 Å². The summed E-state index contributed by atoms with van der Waals surface area (Å²) in [5, 5.41) is 21.9. The largest absolute Gasteiger partial charge is 0.339 e. The van der Waals surface area contributed by atoms with Gasteiger partial charge in [0.15, 0.2) is 0 Å². The van der Waals surface area contributed by atoms with Gasteiger partial charge in [-0.15, -0.1) is 0 Å². The number of nitrogens with zero attached hydrogens (tertiary/aromatic N) is 3. The molecular formula is C13H17N3O5S. The monoisotopic (exact) mass is 327 g/mol. The van der Waals surface area contributed by atoms with Gasteiger partial charge in [0.05, 0.1) is 20.8 Å². The van der Waals surface area contributed by atoms with Gasteiger partial charge in [-0.25, -0.2) is 0 Å². The van der Waals surface area contributed by atoms with E-state index in [2.05, 4.69) is 0 Å². The van der Waals surface area contributed by atoms with Crippen molar-refractivity contribution in [2.45, 2.75) is 31.1 Å². The van der Waals surface area contributed by atoms with E-state index in [1.165, 1.54) is 25.1 Å². The van der Waals surface area contributed by atoms with E-state index in [1.807, 2.05) is 13.8 Å². The first-order valence-electron chi connectivity index (χ1n) is 6.54. The van der Waals surface area contributed by atoms with Crippen LogP contribution in [-0.2, 0) is 0 Å². The zero-order chi connectivity index (χ0) is 17.0. The van der Waals surface area contributed by atoms with Gasteiger partial charge in [-0.05, 0) is 29.7 Å². The highest BCUT2D eigenvalue weighted by Crippen LogP contribution is 2.41. The van der Waals surface area contributed by atoms with E-state index in [4.69, 9.17) is 0 Å². The van der Waals surface area contributed by atoms with E-state index in [9.17, 15) is 25.0 Å². The van der Waals surface area contributed by atoms with Crippen LogP contribution < -0.4 is 0 Å². The van der Waals surface area contributed by atoms with Crippen LogP contribution in [0.15, 0.2) is 17.0 Å². The van der Waals surface area contributed by atoms with E-state index in [-0.39, 0.29) is 21.7 Å². The summed E-state index contributed by atoms with van der Waals surface area (Å²) in [4.78, 5) is 34.3. The topological polar surface area (TPSA) is 107 Å². The van der Waals surface area contributed by atoms with Crippen LogP contribution in [0.4, 0.5) is 16.2 Å². The van der Waals surface area contributed by atoms with Crippen molar-refractivity contribution in [2.24, 2.45) is 0 Å². The van der Waals surface area contributed by atoms with Gasteiger partial charge < -0.3 is 4.90 Å². The third-order valence-corrected chi connectivity index (χ3v) is 4.38. The number of hydrogen-bond acceptors (Lipinski definition) is 6. The molecule has 0 bridgehead atoms. The smallest absolute Gasteiger partial charge is 0.290 e. The number of non-ortho nitro benzene ring substituents is 1. The summed E-state index contributed by atoms with van der Waals surface area (Å²) in [6, 6.07) is 2.21. The molecule has 1 atom stereocenters. The van der Waals surface area contributed by atoms with Crippen molar-refractivity contribution in [3.63, 3.8) is 0 Å². The summed E-state index contributed by atoms with van der Waals surface area (Å²) >= 11 is 0.720. The molecule has 22 heavy (non-hydrogen) atoms. The fourth-order valence-corrected chi connectivity index (χ4v) is 2.71. The van der Waals surface area contributed by atoms with Crippen LogP contribution in [0.2, 0.25) is 0 Å². The number of nitro benzene ring substituents is 2. The van der Waals surface area contributed by atoms with Gasteiger partial charge in [-0.2, -0.15) is 0 Å². The minimum Gasteiger partial charge on any atom is -0.339 e. The maximum absolute atomic E-state index is 11.9. The van der Waals surface area contributed by atoms with Gasteiger partial charge in [0.25, 0.3) is 16.6 Å². The third-order valence-electron chi connectivity index (χ3n) is 3.19. The second-order valence-corrected chi connectivity index (χ2v) is 5.93. The first-order valence-corrected chi connectivity index (χ1v) is 7.36. The minimum atomic E-state index is -0.690. The van der Waals surface area contributed by atoms with Crippen LogP contribution in [-0.4, -0.2) is 34.1 Å². The maximum Gasteiger partial charge on any atom is 0.290 e. The molecule has 0 aromatic heterocycles. The van der Waals surface area contributed by atoms with Crippen molar-refractivity contribution in [3.05, 3.63) is 37.9 Å². The first-order chi connectivity index (χ1) is 10.2. The Morgan fingerprint density at radius 2 is 1.86 bits per heavy atom. The lowest BCUT2D eigenvalue weighted by Crippen LogP contribution is -2.17. The summed E-state index contributed by atoms with van der Waals surface area (Å²) < 4.78 is 0. The number of amides is 1. The lowest BCUT2D eigenvalue weighted by atomic mass is 9.97. The van der Waals surface area contributed by atoms with Gasteiger partial charge in [0.1, 0.15) is 0 Å². The fraction of sp³-hybridized carbons (Fsp3) is 0.462.